The van der Waals surface area contributed by atoms with Crippen molar-refractivity contribution in [3.05, 3.63) is 66.6 Å². The van der Waals surface area contributed by atoms with Gasteiger partial charge < -0.3 is 4.42 Å². The molecule has 3 heterocycles. The zero-order valence-electron chi connectivity index (χ0n) is 16.9. The van der Waals surface area contributed by atoms with Crippen molar-refractivity contribution in [2.24, 2.45) is 0 Å². The molecule has 29 heavy (non-hydrogen) atoms. The van der Waals surface area contributed by atoms with Crippen molar-refractivity contribution in [2.45, 2.75) is 51.6 Å². The number of nitrogens with zero attached hydrogens (tertiary/aromatic N) is 2. The number of hydrogen-bond acceptors (Lipinski definition) is 6. The Balaban J connectivity index is 1.77. The van der Waals surface area contributed by atoms with Crippen molar-refractivity contribution < 1.29 is 4.42 Å². The van der Waals surface area contributed by atoms with E-state index in [1.807, 2.05) is 32.9 Å². The monoisotopic (exact) mass is 426 g/mol. The van der Waals surface area contributed by atoms with E-state index in [9.17, 15) is 9.59 Å². The second kappa shape index (κ2) is 7.80. The first-order valence-electron chi connectivity index (χ1n) is 9.61. The molecule has 5 nitrogen and oxygen atoms in total. The quantitative estimate of drug-likeness (QED) is 0.254. The molecule has 3 aromatic heterocycles. The fraction of sp³-hybridized carbons (Fsp3) is 0.318. The summed E-state index contributed by atoms with van der Waals surface area (Å²) in [6.45, 7) is 8.56. The summed E-state index contributed by atoms with van der Waals surface area (Å²) in [7, 11) is 0. The lowest BCUT2D eigenvalue weighted by Gasteiger charge is -2.11. The maximum atomic E-state index is 13.0. The molecule has 0 aliphatic carbocycles. The molecule has 4 rings (SSSR count). The fourth-order valence-corrected chi connectivity index (χ4v) is 5.58. The third-order valence-electron chi connectivity index (χ3n) is 5.23. The second-order valence-electron chi connectivity index (χ2n) is 6.97. The molecule has 0 spiro atoms. The summed E-state index contributed by atoms with van der Waals surface area (Å²) < 4.78 is 7.12. The molecule has 0 amide bonds. The zero-order valence-corrected chi connectivity index (χ0v) is 18.5. The lowest BCUT2D eigenvalue weighted by Crippen LogP contribution is -2.22. The smallest absolute Gasteiger partial charge is 0.336 e. The number of benzene rings is 1. The van der Waals surface area contributed by atoms with Crippen LogP contribution in [0.15, 0.2) is 43.4 Å². The third-order valence-corrected chi connectivity index (χ3v) is 7.36. The molecule has 7 heteroatoms. The zero-order chi connectivity index (χ0) is 20.7. The normalized spacial score (nSPS) is 11.6. The highest BCUT2D eigenvalue weighted by Gasteiger charge is 2.17. The molecule has 0 bridgehead atoms. The Morgan fingerprint density at radius 1 is 1.17 bits per heavy atom. The Morgan fingerprint density at radius 2 is 1.97 bits per heavy atom. The van der Waals surface area contributed by atoms with E-state index < -0.39 is 0 Å². The Morgan fingerprint density at radius 3 is 2.69 bits per heavy atom. The van der Waals surface area contributed by atoms with Gasteiger partial charge in [0.1, 0.15) is 10.4 Å². The van der Waals surface area contributed by atoms with E-state index in [0.29, 0.717) is 23.0 Å². The average molecular weight is 427 g/mol. The molecule has 0 saturated heterocycles. The maximum absolute atomic E-state index is 13.0. The fourth-order valence-electron chi connectivity index (χ4n) is 3.45. The van der Waals surface area contributed by atoms with Crippen molar-refractivity contribution in [3.63, 3.8) is 0 Å². The summed E-state index contributed by atoms with van der Waals surface area (Å²) in [5, 5.41) is 2.32. The molecule has 0 fully saturated rings. The summed E-state index contributed by atoms with van der Waals surface area (Å²) in [5.74, 6) is 0.537. The minimum absolute atomic E-state index is 0.00636. The third kappa shape index (κ3) is 3.53. The van der Waals surface area contributed by atoms with Gasteiger partial charge in [-0.1, -0.05) is 30.8 Å². The van der Waals surface area contributed by atoms with E-state index in [4.69, 9.17) is 9.40 Å². The van der Waals surface area contributed by atoms with Gasteiger partial charge in [0, 0.05) is 28.6 Å². The Labute approximate surface area is 176 Å². The largest absolute Gasteiger partial charge is 0.423 e. The topological polar surface area (TPSA) is 65.1 Å². The lowest BCUT2D eigenvalue weighted by molar-refractivity contribution is 0.559. The SMILES string of the molecule is CCc1ccc2c(CSc3nc4sc(C)c(C)c4c(=O)n3CC)cc(=O)oc2c1. The van der Waals surface area contributed by atoms with Gasteiger partial charge in [0.05, 0.1) is 5.39 Å². The molecule has 1 aromatic carbocycles. The van der Waals surface area contributed by atoms with Gasteiger partial charge in [-0.3, -0.25) is 9.36 Å². The van der Waals surface area contributed by atoms with Gasteiger partial charge in [-0.2, -0.15) is 0 Å². The van der Waals surface area contributed by atoms with Gasteiger partial charge in [-0.15, -0.1) is 11.3 Å². The molecule has 0 N–H and O–H groups in total. The standard InChI is InChI=1S/C22H22N2O3S2/c1-5-14-7-8-16-15(10-18(25)27-17(16)9-14)11-28-22-23-20-19(12(3)13(4)29-20)21(26)24(22)6-2/h7-10H,5-6,11H2,1-4H3. The average Bonchev–Trinajstić information content (AvgIpc) is 2.99. The molecular weight excluding hydrogens is 404 g/mol. The molecule has 150 valence electrons. The van der Waals surface area contributed by atoms with E-state index in [1.165, 1.54) is 17.8 Å². The number of aryl methyl sites for hydroxylation is 3. The number of hydrogen-bond donors (Lipinski definition) is 0. The summed E-state index contributed by atoms with van der Waals surface area (Å²) in [5.41, 5.74) is 3.28. The predicted molar refractivity (Wildman–Crippen MR) is 120 cm³/mol. The van der Waals surface area contributed by atoms with Gasteiger partial charge in [-0.25, -0.2) is 9.78 Å². The maximum Gasteiger partial charge on any atom is 0.336 e. The highest BCUT2D eigenvalue weighted by Crippen LogP contribution is 2.30. The van der Waals surface area contributed by atoms with Crippen molar-refractivity contribution in [3.8, 4) is 0 Å². The molecule has 0 radical (unpaired) electrons. The molecule has 0 aliphatic rings. The first-order valence-corrected chi connectivity index (χ1v) is 11.4. The van der Waals surface area contributed by atoms with Crippen LogP contribution in [0.25, 0.3) is 21.2 Å². The highest BCUT2D eigenvalue weighted by atomic mass is 32.2. The van der Waals surface area contributed by atoms with Gasteiger partial charge in [-0.05, 0) is 49.9 Å². The summed E-state index contributed by atoms with van der Waals surface area (Å²) in [6, 6.07) is 7.52. The Kier molecular flexibility index (Phi) is 5.36. The highest BCUT2D eigenvalue weighted by molar-refractivity contribution is 7.98. The number of thioether (sulfide) groups is 1. The van der Waals surface area contributed by atoms with E-state index in [-0.39, 0.29) is 11.2 Å². The predicted octanol–water partition coefficient (Wildman–Crippen LogP) is 5.06. The minimum Gasteiger partial charge on any atom is -0.423 e. The molecule has 0 saturated carbocycles. The van der Waals surface area contributed by atoms with Crippen LogP contribution in [0.1, 0.15) is 35.4 Å². The van der Waals surface area contributed by atoms with Crippen molar-refractivity contribution in [1.29, 1.82) is 0 Å². The molecule has 0 unspecified atom stereocenters. The van der Waals surface area contributed by atoms with E-state index >= 15 is 0 Å². The van der Waals surface area contributed by atoms with Crippen LogP contribution >= 0.6 is 23.1 Å². The Bertz CT molecular complexity index is 1350. The van der Waals surface area contributed by atoms with Crippen LogP contribution in [-0.2, 0) is 18.7 Å². The van der Waals surface area contributed by atoms with E-state index in [0.717, 1.165) is 43.6 Å². The van der Waals surface area contributed by atoms with Crippen LogP contribution in [-0.4, -0.2) is 9.55 Å². The van der Waals surface area contributed by atoms with E-state index in [1.54, 1.807) is 15.9 Å². The summed E-state index contributed by atoms with van der Waals surface area (Å²) >= 11 is 3.03. The summed E-state index contributed by atoms with van der Waals surface area (Å²) in [6.07, 6.45) is 0.880. The minimum atomic E-state index is -0.359. The number of aromatic nitrogens is 2. The van der Waals surface area contributed by atoms with Crippen LogP contribution in [0.4, 0.5) is 0 Å². The molecule has 0 atom stereocenters. The van der Waals surface area contributed by atoms with Crippen molar-refractivity contribution in [2.75, 3.05) is 0 Å². The molecular formula is C22H22N2O3S2. The first-order chi connectivity index (χ1) is 13.9. The first kappa shape index (κ1) is 19.9. The van der Waals surface area contributed by atoms with Crippen LogP contribution in [0, 0.1) is 13.8 Å². The number of thiophene rings is 1. The van der Waals surface area contributed by atoms with Crippen LogP contribution in [0.2, 0.25) is 0 Å². The van der Waals surface area contributed by atoms with Gasteiger partial charge in [0.15, 0.2) is 5.16 Å². The second-order valence-corrected chi connectivity index (χ2v) is 9.12. The van der Waals surface area contributed by atoms with Gasteiger partial charge >= 0.3 is 5.63 Å². The van der Waals surface area contributed by atoms with Crippen molar-refractivity contribution in [1.82, 2.24) is 9.55 Å². The van der Waals surface area contributed by atoms with Crippen molar-refractivity contribution >= 4 is 44.3 Å². The van der Waals surface area contributed by atoms with Crippen LogP contribution in [0.3, 0.4) is 0 Å². The van der Waals surface area contributed by atoms with Crippen LogP contribution in [0.5, 0.6) is 0 Å². The molecule has 0 aliphatic heterocycles. The van der Waals surface area contributed by atoms with Crippen LogP contribution < -0.4 is 11.2 Å². The number of fused-ring (bicyclic) bond motifs is 2. The van der Waals surface area contributed by atoms with Gasteiger partial charge in [0.2, 0.25) is 0 Å². The summed E-state index contributed by atoms with van der Waals surface area (Å²) in [4.78, 5) is 31.8. The van der Waals surface area contributed by atoms with E-state index in [2.05, 4.69) is 13.0 Å². The number of rotatable bonds is 5. The van der Waals surface area contributed by atoms with Gasteiger partial charge in [0.25, 0.3) is 5.56 Å². The lowest BCUT2D eigenvalue weighted by atomic mass is 10.1. The molecule has 4 aromatic rings. The Hall–Kier alpha value is -2.38.